The highest BCUT2D eigenvalue weighted by molar-refractivity contribution is 7.91. The number of nitrogens with one attached hydrogen (secondary N) is 2. The molecule has 0 spiro atoms. The number of nitrogens with zero attached hydrogens (tertiary/aromatic N) is 3. The number of rotatable bonds is 9. The van der Waals surface area contributed by atoms with Gasteiger partial charge in [-0.2, -0.15) is 26.3 Å². The van der Waals surface area contributed by atoms with Gasteiger partial charge >= 0.3 is 18.4 Å². The largest absolute Gasteiger partial charge is 0.497 e. The number of alkyl halides is 7. The molecule has 15 nitrogen and oxygen atoms in total. The van der Waals surface area contributed by atoms with Crippen molar-refractivity contribution in [1.29, 1.82) is 0 Å². The first kappa shape index (κ1) is 48.0. The number of benzene rings is 1. The van der Waals surface area contributed by atoms with Crippen molar-refractivity contribution in [1.82, 2.24) is 24.8 Å². The van der Waals surface area contributed by atoms with Crippen LogP contribution in [0.3, 0.4) is 0 Å². The second-order valence-corrected chi connectivity index (χ2v) is 20.0. The number of hydrogen-bond acceptors (Lipinski definition) is 10. The van der Waals surface area contributed by atoms with Gasteiger partial charge in [0.2, 0.25) is 27.7 Å². The van der Waals surface area contributed by atoms with Crippen LogP contribution in [0.15, 0.2) is 36.5 Å². The minimum absolute atomic E-state index is 0.0424. The van der Waals surface area contributed by atoms with E-state index in [9.17, 15) is 45.5 Å². The Labute approximate surface area is 369 Å². The zero-order chi connectivity index (χ0) is 47.4. The molecule has 358 valence electrons. The average Bonchev–Trinajstić information content (AvgIpc) is 4.15. The third-order valence-electron chi connectivity index (χ3n) is 13.4. The van der Waals surface area contributed by atoms with Crippen molar-refractivity contribution in [2.45, 2.75) is 125 Å². The smallest absolute Gasteiger partial charge is 0.418 e. The Hall–Kier alpha value is -4.93. The molecule has 3 N–H and O–H groups in total. The lowest BCUT2D eigenvalue weighted by Crippen LogP contribution is -2.64. The van der Waals surface area contributed by atoms with Gasteiger partial charge in [-0.3, -0.25) is 24.0 Å². The van der Waals surface area contributed by atoms with Crippen LogP contribution in [0, 0.1) is 17.8 Å². The summed E-state index contributed by atoms with van der Waals surface area (Å²) in [6, 6.07) is -4.83. The van der Waals surface area contributed by atoms with Gasteiger partial charge in [0.1, 0.15) is 40.9 Å². The van der Waals surface area contributed by atoms with Crippen molar-refractivity contribution < 1.29 is 77.6 Å². The summed E-state index contributed by atoms with van der Waals surface area (Å²) in [6.45, 7) is 2.08. The Kier molecular flexibility index (Phi) is 13.1. The lowest BCUT2D eigenvalue weighted by atomic mass is 9.86. The second-order valence-electron chi connectivity index (χ2n) is 17.9. The molecule has 9 atom stereocenters. The van der Waals surface area contributed by atoms with E-state index < -0.39 is 134 Å². The number of pyridine rings is 1. The molecular weight excluding hydrogens is 900 g/mol. The number of hydrogen-bond donors (Lipinski definition) is 3. The fraction of sp³-hybridized carbons (Fsp3) is 0.643. The maximum atomic E-state index is 15.9. The van der Waals surface area contributed by atoms with Gasteiger partial charge in [0.15, 0.2) is 6.04 Å². The summed E-state index contributed by atoms with van der Waals surface area (Å²) in [5, 5.41) is 12.2. The number of sulfonamides is 1. The van der Waals surface area contributed by atoms with Gasteiger partial charge in [-0.25, -0.2) is 22.6 Å². The minimum atomic E-state index is -5.47. The van der Waals surface area contributed by atoms with E-state index >= 15 is 18.0 Å². The van der Waals surface area contributed by atoms with Crippen molar-refractivity contribution in [2.24, 2.45) is 17.8 Å². The van der Waals surface area contributed by atoms with E-state index in [0.717, 1.165) is 17.0 Å². The number of carbonyl (C=O) groups is 4. The quantitative estimate of drug-likeness (QED) is 0.200. The highest BCUT2D eigenvalue weighted by Gasteiger charge is 2.66. The highest BCUT2D eigenvalue weighted by atomic mass is 32.2. The van der Waals surface area contributed by atoms with E-state index in [2.05, 4.69) is 10.3 Å². The molecule has 65 heavy (non-hydrogen) atoms. The molecule has 3 aliphatic heterocycles. The van der Waals surface area contributed by atoms with Crippen molar-refractivity contribution >= 4 is 44.6 Å². The summed E-state index contributed by atoms with van der Waals surface area (Å²) in [7, 11) is -3.48. The SMILES string of the molecule is COc1ccc2c(O[C@@H]3C[C@H]4C(=O)N[C@]5(C(=O)NS(=O)(=O)C6(CF)CC6)C[C@H]5/C=C\CC[C@H](C)C[C@@H](C)[C@H](N(C(=O)O)C5CCCOC5)C(=O)N4C3C(F)(F)F)ncc(C(F)(F)F)c2c1. The van der Waals surface area contributed by atoms with Crippen LogP contribution in [0.5, 0.6) is 11.6 Å². The Balaban J connectivity index is 1.36. The van der Waals surface area contributed by atoms with Crippen LogP contribution in [-0.2, 0) is 35.3 Å². The summed E-state index contributed by atoms with van der Waals surface area (Å²) in [5.74, 6) is -7.02. The lowest BCUT2D eigenvalue weighted by Gasteiger charge is -2.43. The number of aromatic nitrogens is 1. The van der Waals surface area contributed by atoms with E-state index in [1.165, 1.54) is 20.1 Å². The Bertz CT molecular complexity index is 2320. The third-order valence-corrected chi connectivity index (χ3v) is 15.5. The van der Waals surface area contributed by atoms with Gasteiger partial charge in [-0.1, -0.05) is 26.0 Å². The standard InChI is InChI=1S/C42H50F7N5O10S/c1-22-7-4-5-8-24-18-40(24,37(57)52-65(60,61)39(21-43)12-13-39)51-34(55)30-17-31(64-35-27-11-10-26(62-3)16-28(27)29(19-50-35)41(44,45)46)33(42(47,48)49)54(30)36(56)32(23(2)15-22)53(38(58)59)25-9-6-14-63-20-25/h5,8,10-11,16,19,22-25,30-33H,4,6-7,9,12-15,17-18,20-21H2,1-3H3,(H,51,55)(H,52,57)(H,58,59)/b8-5-/t22-,23+,24+,25?,30-,31+,32-,33?,40+/m0/s1. The number of amides is 4. The first-order chi connectivity index (χ1) is 30.5. The van der Waals surface area contributed by atoms with Crippen LogP contribution in [-0.4, -0.2) is 126 Å². The second kappa shape index (κ2) is 17.7. The number of fused-ring (bicyclic) bond motifs is 3. The molecule has 0 radical (unpaired) electrons. The molecule has 23 heteroatoms. The van der Waals surface area contributed by atoms with Gasteiger partial charge in [0, 0.05) is 35.9 Å². The lowest BCUT2D eigenvalue weighted by molar-refractivity contribution is -0.200. The zero-order valence-corrected chi connectivity index (χ0v) is 36.4. The number of allylic oxidation sites excluding steroid dienone is 1. The molecule has 2 saturated carbocycles. The van der Waals surface area contributed by atoms with Crippen molar-refractivity contribution in [3.05, 3.63) is 42.1 Å². The van der Waals surface area contributed by atoms with Crippen LogP contribution < -0.4 is 19.5 Å². The van der Waals surface area contributed by atoms with Crippen LogP contribution >= 0.6 is 0 Å². The summed E-state index contributed by atoms with van der Waals surface area (Å²) in [4.78, 5) is 62.0. The van der Waals surface area contributed by atoms with Crippen LogP contribution in [0.2, 0.25) is 0 Å². The number of ether oxygens (including phenoxy) is 3. The molecular formula is C42H50F7N5O10S. The molecule has 2 aromatic rings. The van der Waals surface area contributed by atoms with E-state index in [4.69, 9.17) is 14.2 Å². The minimum Gasteiger partial charge on any atom is -0.497 e. The van der Waals surface area contributed by atoms with Gasteiger partial charge in [-0.15, -0.1) is 0 Å². The number of carboxylic acid groups (broad SMARTS) is 1. The van der Waals surface area contributed by atoms with Gasteiger partial charge in [0.05, 0.1) is 25.3 Å². The number of halogens is 7. The van der Waals surface area contributed by atoms with Crippen LogP contribution in [0.4, 0.5) is 35.5 Å². The number of methoxy groups -OCH3 is 1. The Morgan fingerprint density at radius 3 is 2.42 bits per heavy atom. The molecule has 1 aromatic heterocycles. The predicted molar refractivity (Wildman–Crippen MR) is 216 cm³/mol. The fourth-order valence-corrected chi connectivity index (χ4v) is 11.0. The first-order valence-corrected chi connectivity index (χ1v) is 22.8. The van der Waals surface area contributed by atoms with Gasteiger partial charge in [0.25, 0.3) is 5.91 Å². The zero-order valence-electron chi connectivity index (χ0n) is 35.6. The molecule has 4 amide bonds. The Morgan fingerprint density at radius 1 is 1.09 bits per heavy atom. The van der Waals surface area contributed by atoms with Crippen molar-refractivity contribution in [3.63, 3.8) is 0 Å². The predicted octanol–water partition coefficient (Wildman–Crippen LogP) is 5.90. The summed E-state index contributed by atoms with van der Waals surface area (Å²) < 4.78 is 147. The van der Waals surface area contributed by atoms with Gasteiger partial charge in [-0.05, 0) is 81.4 Å². The molecule has 7 rings (SSSR count). The molecule has 0 bridgehead atoms. The molecule has 1 aromatic carbocycles. The van der Waals surface area contributed by atoms with E-state index in [-0.39, 0.29) is 61.9 Å². The molecule has 4 heterocycles. The molecule has 5 aliphatic rings. The molecule has 2 unspecified atom stereocenters. The third kappa shape index (κ3) is 9.27. The monoisotopic (exact) mass is 949 g/mol. The summed E-state index contributed by atoms with van der Waals surface area (Å²) in [5.41, 5.74) is -3.38. The van der Waals surface area contributed by atoms with Crippen LogP contribution in [0.25, 0.3) is 10.8 Å². The van der Waals surface area contributed by atoms with E-state index in [1.54, 1.807) is 19.1 Å². The normalized spacial score (nSPS) is 31.3. The maximum absolute atomic E-state index is 15.9. The van der Waals surface area contributed by atoms with E-state index in [0.29, 0.717) is 25.5 Å². The van der Waals surface area contributed by atoms with Gasteiger partial charge < -0.3 is 29.5 Å². The first-order valence-electron chi connectivity index (χ1n) is 21.3. The molecule has 2 saturated heterocycles. The maximum Gasteiger partial charge on any atom is 0.418 e. The highest BCUT2D eigenvalue weighted by Crippen LogP contribution is 2.49. The summed E-state index contributed by atoms with van der Waals surface area (Å²) >= 11 is 0. The van der Waals surface area contributed by atoms with Crippen molar-refractivity contribution in [3.8, 4) is 11.6 Å². The van der Waals surface area contributed by atoms with Crippen molar-refractivity contribution in [2.75, 3.05) is 27.0 Å². The van der Waals surface area contributed by atoms with E-state index in [1.807, 2.05) is 4.72 Å². The fourth-order valence-electron chi connectivity index (χ4n) is 9.60. The number of carbonyl (C=O) groups excluding carboxylic acids is 3. The topological polar surface area (TPSA) is 194 Å². The Morgan fingerprint density at radius 2 is 1.82 bits per heavy atom. The van der Waals surface area contributed by atoms with Crippen LogP contribution in [0.1, 0.15) is 77.2 Å². The summed E-state index contributed by atoms with van der Waals surface area (Å²) in [6.07, 6.45) is -10.8. The molecule has 2 aliphatic carbocycles. The molecule has 4 fully saturated rings. The average molecular weight is 950 g/mol.